The quantitative estimate of drug-likeness (QED) is 0.838. The normalized spacial score (nSPS) is 12.1. The first-order chi connectivity index (χ1) is 8.72. The second-order valence-corrected chi connectivity index (χ2v) is 3.96. The van der Waals surface area contributed by atoms with Crippen molar-refractivity contribution in [2.24, 2.45) is 5.73 Å². The molecule has 92 valence electrons. The zero-order valence-corrected chi connectivity index (χ0v) is 9.71. The minimum absolute atomic E-state index is 0.180. The Morgan fingerprint density at radius 1 is 1.28 bits per heavy atom. The molecule has 0 aliphatic rings. The maximum absolute atomic E-state index is 13.1. The molecule has 0 radical (unpaired) electrons. The first kappa shape index (κ1) is 12.4. The molecule has 2 aromatic rings. The van der Waals surface area contributed by atoms with Crippen molar-refractivity contribution < 1.29 is 9.18 Å². The van der Waals surface area contributed by atoms with Crippen LogP contribution in [-0.2, 0) is 0 Å². The van der Waals surface area contributed by atoms with E-state index in [2.05, 4.69) is 4.98 Å². The molecule has 2 N–H and O–H groups in total. The van der Waals surface area contributed by atoms with Crippen molar-refractivity contribution in [3.63, 3.8) is 0 Å². The third kappa shape index (κ3) is 2.60. The summed E-state index contributed by atoms with van der Waals surface area (Å²) in [6.45, 7) is 0.180. The van der Waals surface area contributed by atoms with Crippen LogP contribution < -0.4 is 5.73 Å². The molecule has 1 atom stereocenters. The van der Waals surface area contributed by atoms with Crippen LogP contribution >= 0.6 is 0 Å². The molecule has 1 aromatic carbocycles. The van der Waals surface area contributed by atoms with Crippen LogP contribution in [0, 0.1) is 5.82 Å². The fraction of sp³-hybridized carbons (Fsp3) is 0.143. The maximum Gasteiger partial charge on any atom is 0.173 e. The van der Waals surface area contributed by atoms with E-state index in [0.29, 0.717) is 0 Å². The van der Waals surface area contributed by atoms with Gasteiger partial charge in [-0.2, -0.15) is 0 Å². The number of ketones is 1. The number of nitrogens with two attached hydrogens (primary N) is 1. The Morgan fingerprint density at radius 3 is 2.61 bits per heavy atom. The summed E-state index contributed by atoms with van der Waals surface area (Å²) in [4.78, 5) is 15.9. The summed E-state index contributed by atoms with van der Waals surface area (Å²) in [5, 5.41) is 0. The van der Waals surface area contributed by atoms with Crippen LogP contribution in [0.2, 0.25) is 0 Å². The minimum Gasteiger partial charge on any atom is -0.329 e. The molecule has 0 bridgehead atoms. The van der Waals surface area contributed by atoms with E-state index in [-0.39, 0.29) is 17.9 Å². The number of pyridine rings is 1. The minimum atomic E-state index is -0.523. The summed E-state index contributed by atoms with van der Waals surface area (Å²) in [5.41, 5.74) is 6.72. The van der Waals surface area contributed by atoms with Gasteiger partial charge in [0.1, 0.15) is 5.82 Å². The number of hydrogen-bond acceptors (Lipinski definition) is 3. The van der Waals surface area contributed by atoms with Crippen LogP contribution in [0.4, 0.5) is 4.39 Å². The standard InChI is InChI=1S/C14H13FN2O/c15-12-6-11(8-17-9-12)14(18)13(7-16)10-4-2-1-3-5-10/h1-6,8-9,13H,7,16H2. The van der Waals surface area contributed by atoms with Crippen LogP contribution in [0.15, 0.2) is 48.8 Å². The zero-order valence-electron chi connectivity index (χ0n) is 9.71. The molecule has 4 heteroatoms. The van der Waals surface area contributed by atoms with Gasteiger partial charge in [0.25, 0.3) is 0 Å². The van der Waals surface area contributed by atoms with E-state index >= 15 is 0 Å². The number of Topliss-reactive ketones (excluding diaryl/α,β-unsaturated/α-hetero) is 1. The van der Waals surface area contributed by atoms with Crippen molar-refractivity contribution in [2.75, 3.05) is 6.54 Å². The smallest absolute Gasteiger partial charge is 0.173 e. The lowest BCUT2D eigenvalue weighted by molar-refractivity contribution is 0.0961. The number of carbonyl (C=O) groups excluding carboxylic acids is 1. The Balaban J connectivity index is 2.32. The van der Waals surface area contributed by atoms with Gasteiger partial charge in [-0.25, -0.2) is 4.39 Å². The number of carbonyl (C=O) groups is 1. The lowest BCUT2D eigenvalue weighted by atomic mass is 9.91. The molecule has 0 amide bonds. The molecule has 0 fully saturated rings. The van der Waals surface area contributed by atoms with E-state index < -0.39 is 11.7 Å². The number of nitrogens with zero attached hydrogens (tertiary/aromatic N) is 1. The van der Waals surface area contributed by atoms with Gasteiger partial charge in [-0.05, 0) is 11.6 Å². The molecule has 0 aliphatic carbocycles. The first-order valence-electron chi connectivity index (χ1n) is 5.62. The summed E-state index contributed by atoms with van der Waals surface area (Å²) in [7, 11) is 0. The van der Waals surface area contributed by atoms with Gasteiger partial charge in [0, 0.05) is 18.3 Å². The van der Waals surface area contributed by atoms with Gasteiger partial charge in [-0.15, -0.1) is 0 Å². The van der Waals surface area contributed by atoms with E-state index in [1.165, 1.54) is 12.3 Å². The molecule has 0 spiro atoms. The Bertz CT molecular complexity index is 543. The molecule has 18 heavy (non-hydrogen) atoms. The maximum atomic E-state index is 13.1. The third-order valence-electron chi connectivity index (χ3n) is 2.74. The zero-order chi connectivity index (χ0) is 13.0. The van der Waals surface area contributed by atoms with E-state index in [4.69, 9.17) is 5.73 Å². The Labute approximate surface area is 104 Å². The molecule has 1 heterocycles. The first-order valence-corrected chi connectivity index (χ1v) is 5.62. The van der Waals surface area contributed by atoms with Gasteiger partial charge in [0.2, 0.25) is 0 Å². The second kappa shape index (κ2) is 5.51. The highest BCUT2D eigenvalue weighted by atomic mass is 19.1. The summed E-state index contributed by atoms with van der Waals surface area (Å²) < 4.78 is 13.1. The Kier molecular flexibility index (Phi) is 3.79. The highest BCUT2D eigenvalue weighted by Crippen LogP contribution is 2.19. The third-order valence-corrected chi connectivity index (χ3v) is 2.74. The topological polar surface area (TPSA) is 56.0 Å². The van der Waals surface area contributed by atoms with Crippen molar-refractivity contribution in [2.45, 2.75) is 5.92 Å². The average Bonchev–Trinajstić information content (AvgIpc) is 2.41. The van der Waals surface area contributed by atoms with Gasteiger partial charge in [-0.3, -0.25) is 9.78 Å². The Hall–Kier alpha value is -2.07. The van der Waals surface area contributed by atoms with Crippen LogP contribution in [-0.4, -0.2) is 17.3 Å². The number of rotatable bonds is 4. The highest BCUT2D eigenvalue weighted by Gasteiger charge is 2.20. The number of hydrogen-bond donors (Lipinski definition) is 1. The van der Waals surface area contributed by atoms with E-state index in [0.717, 1.165) is 11.8 Å². The average molecular weight is 244 g/mol. The highest BCUT2D eigenvalue weighted by molar-refractivity contribution is 6.00. The molecule has 1 unspecified atom stereocenters. The van der Waals surface area contributed by atoms with Gasteiger partial charge in [0.05, 0.1) is 12.1 Å². The number of halogens is 1. The van der Waals surface area contributed by atoms with Crippen LogP contribution in [0.5, 0.6) is 0 Å². The summed E-state index contributed by atoms with van der Waals surface area (Å²) in [6.07, 6.45) is 2.42. The van der Waals surface area contributed by atoms with Crippen molar-refractivity contribution >= 4 is 5.78 Å². The monoisotopic (exact) mass is 244 g/mol. The van der Waals surface area contributed by atoms with Crippen molar-refractivity contribution in [3.05, 3.63) is 65.7 Å². The fourth-order valence-electron chi connectivity index (χ4n) is 1.83. The summed E-state index contributed by atoms with van der Waals surface area (Å²) in [6, 6.07) is 10.4. The lowest BCUT2D eigenvalue weighted by Gasteiger charge is -2.13. The predicted molar refractivity (Wildman–Crippen MR) is 66.8 cm³/mol. The molecular weight excluding hydrogens is 231 g/mol. The molecule has 3 nitrogen and oxygen atoms in total. The fourth-order valence-corrected chi connectivity index (χ4v) is 1.83. The van der Waals surface area contributed by atoms with Gasteiger partial charge in [0.15, 0.2) is 5.78 Å². The van der Waals surface area contributed by atoms with Gasteiger partial charge >= 0.3 is 0 Å². The molecule has 1 aromatic heterocycles. The lowest BCUT2D eigenvalue weighted by Crippen LogP contribution is -2.22. The molecular formula is C14H13FN2O. The molecule has 0 saturated heterocycles. The second-order valence-electron chi connectivity index (χ2n) is 3.96. The van der Waals surface area contributed by atoms with Gasteiger partial charge in [-0.1, -0.05) is 30.3 Å². The van der Waals surface area contributed by atoms with E-state index in [1.807, 2.05) is 30.3 Å². The summed E-state index contributed by atoms with van der Waals surface area (Å²) in [5.74, 6) is -1.20. The predicted octanol–water partition coefficient (Wildman–Crippen LogP) is 2.15. The Morgan fingerprint density at radius 2 is 2.00 bits per heavy atom. The molecule has 0 saturated carbocycles. The number of aromatic nitrogens is 1. The number of benzene rings is 1. The SMILES string of the molecule is NCC(C(=O)c1cncc(F)c1)c1ccccc1. The van der Waals surface area contributed by atoms with Crippen LogP contribution in [0.1, 0.15) is 21.8 Å². The van der Waals surface area contributed by atoms with E-state index in [1.54, 1.807) is 0 Å². The van der Waals surface area contributed by atoms with E-state index in [9.17, 15) is 9.18 Å². The summed E-state index contributed by atoms with van der Waals surface area (Å²) >= 11 is 0. The van der Waals surface area contributed by atoms with Gasteiger partial charge < -0.3 is 5.73 Å². The largest absolute Gasteiger partial charge is 0.329 e. The van der Waals surface area contributed by atoms with Crippen molar-refractivity contribution in [1.29, 1.82) is 0 Å². The van der Waals surface area contributed by atoms with Crippen LogP contribution in [0.25, 0.3) is 0 Å². The van der Waals surface area contributed by atoms with Crippen molar-refractivity contribution in [1.82, 2.24) is 4.98 Å². The van der Waals surface area contributed by atoms with Crippen LogP contribution in [0.3, 0.4) is 0 Å². The van der Waals surface area contributed by atoms with Crippen molar-refractivity contribution in [3.8, 4) is 0 Å². The molecule has 2 rings (SSSR count). The molecule has 0 aliphatic heterocycles.